The predicted molar refractivity (Wildman–Crippen MR) is 160 cm³/mol. The van der Waals surface area contributed by atoms with Crippen molar-refractivity contribution in [2.24, 2.45) is 0 Å². The standard InChI is InChI=1S/C33H31Br2N/c1-19-13-28(14-20(2)32(19)34)36(29-15-21(3)33(35)22(4)16-29)27-10-7-23(8-11-27)24-9-12-30-25-5-6-26(17-25)31(30)18-24/h7-16,18,25-26H,5-6,17H2,1-4H3. The predicted octanol–water partition coefficient (Wildman–Crippen LogP) is 10.9. The Kier molecular flexibility index (Phi) is 6.13. The van der Waals surface area contributed by atoms with Gasteiger partial charge < -0.3 is 4.90 Å². The zero-order chi connectivity index (χ0) is 25.1. The van der Waals surface area contributed by atoms with Crippen LogP contribution in [0.25, 0.3) is 11.1 Å². The summed E-state index contributed by atoms with van der Waals surface area (Å²) in [5.74, 6) is 1.60. The summed E-state index contributed by atoms with van der Waals surface area (Å²) in [7, 11) is 0. The molecule has 2 aliphatic rings. The van der Waals surface area contributed by atoms with E-state index in [4.69, 9.17) is 0 Å². The fraction of sp³-hybridized carbons (Fsp3) is 0.273. The molecule has 4 aromatic carbocycles. The first-order valence-corrected chi connectivity index (χ1v) is 14.5. The quantitative estimate of drug-likeness (QED) is 0.225. The summed E-state index contributed by atoms with van der Waals surface area (Å²) in [5, 5.41) is 0. The van der Waals surface area contributed by atoms with E-state index in [9.17, 15) is 0 Å². The molecule has 2 atom stereocenters. The monoisotopic (exact) mass is 599 g/mol. The topological polar surface area (TPSA) is 3.24 Å². The van der Waals surface area contributed by atoms with Gasteiger partial charge in [0.1, 0.15) is 0 Å². The summed E-state index contributed by atoms with van der Waals surface area (Å²) < 4.78 is 2.35. The van der Waals surface area contributed by atoms with Crippen molar-refractivity contribution < 1.29 is 0 Å². The summed E-state index contributed by atoms with van der Waals surface area (Å²) in [6.07, 6.45) is 4.11. The van der Waals surface area contributed by atoms with Crippen LogP contribution in [0, 0.1) is 27.7 Å². The highest BCUT2D eigenvalue weighted by Gasteiger charge is 2.36. The first kappa shape index (κ1) is 24.0. The second kappa shape index (κ2) is 9.19. The first-order chi connectivity index (χ1) is 17.3. The normalized spacial score (nSPS) is 17.9. The highest BCUT2D eigenvalue weighted by Crippen LogP contribution is 2.53. The van der Waals surface area contributed by atoms with Crippen LogP contribution in [0.3, 0.4) is 0 Å². The lowest BCUT2D eigenvalue weighted by molar-refractivity contribution is 0.718. The van der Waals surface area contributed by atoms with Crippen LogP contribution in [-0.4, -0.2) is 0 Å². The van der Waals surface area contributed by atoms with Crippen molar-refractivity contribution in [1.29, 1.82) is 0 Å². The molecule has 1 saturated carbocycles. The van der Waals surface area contributed by atoms with Crippen LogP contribution in [0.1, 0.15) is 64.5 Å². The van der Waals surface area contributed by atoms with Gasteiger partial charge in [0.25, 0.3) is 0 Å². The number of fused-ring (bicyclic) bond motifs is 5. The van der Waals surface area contributed by atoms with E-state index in [0.29, 0.717) is 0 Å². The van der Waals surface area contributed by atoms with Gasteiger partial charge >= 0.3 is 0 Å². The molecule has 3 heteroatoms. The molecule has 0 aliphatic heterocycles. The Balaban J connectivity index is 1.43. The van der Waals surface area contributed by atoms with Crippen LogP contribution in [0.2, 0.25) is 0 Å². The summed E-state index contributed by atoms with van der Waals surface area (Å²) in [4.78, 5) is 2.38. The number of hydrogen-bond donors (Lipinski definition) is 0. The smallest absolute Gasteiger partial charge is 0.0467 e. The zero-order valence-electron chi connectivity index (χ0n) is 21.3. The van der Waals surface area contributed by atoms with Gasteiger partial charge in [0.15, 0.2) is 0 Å². The Bertz CT molecular complexity index is 1380. The molecule has 0 heterocycles. The number of hydrogen-bond acceptors (Lipinski definition) is 1. The lowest BCUT2D eigenvalue weighted by atomic mass is 9.89. The van der Waals surface area contributed by atoms with Crippen molar-refractivity contribution in [3.05, 3.63) is 109 Å². The van der Waals surface area contributed by atoms with Gasteiger partial charge in [0.2, 0.25) is 0 Å². The van der Waals surface area contributed by atoms with Gasteiger partial charge in [0.05, 0.1) is 0 Å². The van der Waals surface area contributed by atoms with E-state index in [1.807, 2.05) is 0 Å². The molecule has 0 N–H and O–H groups in total. The Hall–Kier alpha value is -2.36. The van der Waals surface area contributed by atoms with E-state index in [1.54, 1.807) is 11.1 Å². The van der Waals surface area contributed by atoms with Gasteiger partial charge in [-0.1, -0.05) is 62.2 Å². The highest BCUT2D eigenvalue weighted by molar-refractivity contribution is 9.10. The largest absolute Gasteiger partial charge is 0.310 e. The summed E-state index contributed by atoms with van der Waals surface area (Å²) in [5.41, 5.74) is 14.3. The molecule has 0 aromatic heterocycles. The number of rotatable bonds is 4. The van der Waals surface area contributed by atoms with Crippen molar-refractivity contribution in [2.45, 2.75) is 58.8 Å². The van der Waals surface area contributed by atoms with Gasteiger partial charge in [-0.15, -0.1) is 0 Å². The van der Waals surface area contributed by atoms with Gasteiger partial charge in [-0.05, 0) is 140 Å². The van der Waals surface area contributed by atoms with Crippen molar-refractivity contribution in [3.63, 3.8) is 0 Å². The minimum atomic E-state index is 0.785. The third kappa shape index (κ3) is 4.05. The van der Waals surface area contributed by atoms with Gasteiger partial charge in [-0.3, -0.25) is 0 Å². The molecular weight excluding hydrogens is 570 g/mol. The fourth-order valence-corrected chi connectivity index (χ4v) is 6.84. The Labute approximate surface area is 231 Å². The van der Waals surface area contributed by atoms with Gasteiger partial charge in [0, 0.05) is 26.0 Å². The second-order valence-electron chi connectivity index (χ2n) is 10.7. The third-order valence-corrected chi connectivity index (χ3v) is 10.7. The van der Waals surface area contributed by atoms with Crippen LogP contribution in [0.15, 0.2) is 75.7 Å². The average molecular weight is 601 g/mol. The molecule has 182 valence electrons. The summed E-state index contributed by atoms with van der Waals surface area (Å²) in [6, 6.07) is 25.4. The molecule has 1 fully saturated rings. The van der Waals surface area contributed by atoms with Crippen LogP contribution in [-0.2, 0) is 0 Å². The Morgan fingerprint density at radius 1 is 0.556 bits per heavy atom. The molecule has 1 nitrogen and oxygen atoms in total. The van der Waals surface area contributed by atoms with Crippen molar-refractivity contribution >= 4 is 48.9 Å². The number of aryl methyl sites for hydroxylation is 4. The Morgan fingerprint density at radius 3 is 1.56 bits per heavy atom. The Morgan fingerprint density at radius 2 is 1.03 bits per heavy atom. The molecule has 2 unspecified atom stereocenters. The van der Waals surface area contributed by atoms with Crippen LogP contribution >= 0.6 is 31.9 Å². The maximum Gasteiger partial charge on any atom is 0.0467 e. The van der Waals surface area contributed by atoms with Crippen LogP contribution in [0.4, 0.5) is 17.1 Å². The number of nitrogens with zero attached hydrogens (tertiary/aromatic N) is 1. The molecule has 2 bridgehead atoms. The van der Waals surface area contributed by atoms with E-state index < -0.39 is 0 Å². The molecule has 2 aliphatic carbocycles. The number of benzene rings is 4. The van der Waals surface area contributed by atoms with Crippen LogP contribution < -0.4 is 4.90 Å². The van der Waals surface area contributed by atoms with E-state index in [-0.39, 0.29) is 0 Å². The number of halogens is 2. The molecular formula is C33H31Br2N. The van der Waals surface area contributed by atoms with Gasteiger partial charge in [-0.25, -0.2) is 0 Å². The maximum atomic E-state index is 3.75. The van der Waals surface area contributed by atoms with E-state index in [0.717, 1.165) is 11.8 Å². The minimum absolute atomic E-state index is 0.785. The first-order valence-electron chi connectivity index (χ1n) is 12.9. The lowest BCUT2D eigenvalue weighted by Gasteiger charge is -2.28. The summed E-state index contributed by atoms with van der Waals surface area (Å²) >= 11 is 7.50. The molecule has 0 saturated heterocycles. The fourth-order valence-electron chi connectivity index (χ4n) is 6.38. The summed E-state index contributed by atoms with van der Waals surface area (Å²) in [6.45, 7) is 8.67. The highest BCUT2D eigenvalue weighted by atomic mass is 79.9. The van der Waals surface area contributed by atoms with Crippen molar-refractivity contribution in [3.8, 4) is 11.1 Å². The zero-order valence-corrected chi connectivity index (χ0v) is 24.5. The molecule has 0 amide bonds. The number of anilines is 3. The van der Waals surface area contributed by atoms with Crippen molar-refractivity contribution in [2.75, 3.05) is 4.90 Å². The molecule has 36 heavy (non-hydrogen) atoms. The molecule has 4 aromatic rings. The van der Waals surface area contributed by atoms with E-state index >= 15 is 0 Å². The van der Waals surface area contributed by atoms with Crippen LogP contribution in [0.5, 0.6) is 0 Å². The van der Waals surface area contributed by atoms with Gasteiger partial charge in [-0.2, -0.15) is 0 Å². The SMILES string of the molecule is Cc1cc(N(c2ccc(-c3ccc4c(c3)C3CCC4C3)cc2)c2cc(C)c(Br)c(C)c2)cc(C)c1Br. The maximum absolute atomic E-state index is 3.75. The minimum Gasteiger partial charge on any atom is -0.310 e. The van der Waals surface area contributed by atoms with Crippen molar-refractivity contribution in [1.82, 2.24) is 0 Å². The van der Waals surface area contributed by atoms with E-state index in [1.165, 1.54) is 78.7 Å². The third-order valence-electron chi connectivity index (χ3n) is 8.22. The molecule has 0 spiro atoms. The molecule has 6 rings (SSSR count). The average Bonchev–Trinajstić information content (AvgIpc) is 3.49. The second-order valence-corrected chi connectivity index (χ2v) is 12.3. The molecule has 0 radical (unpaired) electrons. The lowest BCUT2D eigenvalue weighted by Crippen LogP contribution is -2.11. The van der Waals surface area contributed by atoms with E-state index in [2.05, 4.69) is 131 Å².